The molecule has 1 spiro atoms. The first kappa shape index (κ1) is 23.4. The van der Waals surface area contributed by atoms with Crippen LogP contribution in [0.4, 0.5) is 5.95 Å². The largest absolute Gasteiger partial charge is 0.598 e. The van der Waals surface area contributed by atoms with E-state index in [9.17, 15) is 4.55 Å². The number of imidazole rings is 1. The summed E-state index contributed by atoms with van der Waals surface area (Å²) in [6.45, 7) is 12.1. The number of hydrogen-bond donors (Lipinski definition) is 1. The lowest BCUT2D eigenvalue weighted by Crippen LogP contribution is -2.50. The fourth-order valence-electron chi connectivity index (χ4n) is 5.32. The molecule has 2 atom stereocenters. The predicted octanol–water partition coefficient (Wildman–Crippen LogP) is 4.89. The second-order valence-corrected chi connectivity index (χ2v) is 13.6. The number of aromatic nitrogens is 3. The molecule has 1 aliphatic heterocycles. The molecule has 3 heterocycles. The van der Waals surface area contributed by atoms with E-state index in [-0.39, 0.29) is 16.2 Å². The minimum absolute atomic E-state index is 0.0727. The Bertz CT molecular complexity index is 1200. The minimum Gasteiger partial charge on any atom is -0.598 e. The average molecular weight is 578 g/mol. The van der Waals surface area contributed by atoms with Crippen LogP contribution in [0.3, 0.4) is 0 Å². The Kier molecular flexibility index (Phi) is 5.95. The number of hydrogen-bond acceptors (Lipinski definition) is 5. The van der Waals surface area contributed by atoms with Gasteiger partial charge in [0.25, 0.3) is 0 Å². The predicted molar refractivity (Wildman–Crippen MR) is 143 cm³/mol. The summed E-state index contributed by atoms with van der Waals surface area (Å²) in [5.41, 5.74) is 5.81. The topological polar surface area (TPSA) is 68.5 Å². The van der Waals surface area contributed by atoms with Crippen LogP contribution in [0.2, 0.25) is 0 Å². The van der Waals surface area contributed by atoms with Gasteiger partial charge in [-0.15, -0.1) is 4.72 Å². The van der Waals surface area contributed by atoms with Crippen molar-refractivity contribution in [2.24, 2.45) is 5.41 Å². The van der Waals surface area contributed by atoms with E-state index in [1.54, 1.807) is 0 Å². The molecule has 0 saturated carbocycles. The zero-order valence-corrected chi connectivity index (χ0v) is 23.0. The normalized spacial score (nSPS) is 21.1. The summed E-state index contributed by atoms with van der Waals surface area (Å²) in [6.07, 6.45) is 5.19. The van der Waals surface area contributed by atoms with Crippen molar-refractivity contribution in [2.75, 3.05) is 18.0 Å². The summed E-state index contributed by atoms with van der Waals surface area (Å²) in [7, 11) is 0. The highest BCUT2D eigenvalue weighted by molar-refractivity contribution is 14.1. The number of halogens is 1. The summed E-state index contributed by atoms with van der Waals surface area (Å²) in [5.74, 6) is 0.983. The van der Waals surface area contributed by atoms with Gasteiger partial charge in [0.15, 0.2) is 5.65 Å². The van der Waals surface area contributed by atoms with E-state index in [4.69, 9.17) is 9.97 Å². The van der Waals surface area contributed by atoms with Gasteiger partial charge in [0.2, 0.25) is 5.95 Å². The summed E-state index contributed by atoms with van der Waals surface area (Å²) in [5, 5.41) is 0. The SMILES string of the molecule is Cc1cn2c(N3CCC4(CC3)Cc3ccccc3[C@H]4N[S+]([O-])C(C)(C)C)nc(C)c(I)c2n1. The van der Waals surface area contributed by atoms with E-state index < -0.39 is 11.4 Å². The van der Waals surface area contributed by atoms with Crippen LogP contribution < -0.4 is 9.62 Å². The molecule has 2 aliphatic rings. The van der Waals surface area contributed by atoms with Crippen LogP contribution >= 0.6 is 22.6 Å². The first-order chi connectivity index (χ1) is 15.6. The Balaban J connectivity index is 1.45. The summed E-state index contributed by atoms with van der Waals surface area (Å²) in [4.78, 5) is 12.1. The lowest BCUT2D eigenvalue weighted by Gasteiger charge is -2.44. The summed E-state index contributed by atoms with van der Waals surface area (Å²) in [6, 6.07) is 8.81. The lowest BCUT2D eigenvalue weighted by molar-refractivity contribution is 0.175. The summed E-state index contributed by atoms with van der Waals surface area (Å²) >= 11 is 1.23. The Morgan fingerprint density at radius 2 is 1.85 bits per heavy atom. The van der Waals surface area contributed by atoms with Crippen molar-refractivity contribution in [1.29, 1.82) is 0 Å². The Hall–Kier alpha value is -1.36. The number of anilines is 1. The van der Waals surface area contributed by atoms with Crippen LogP contribution in [0, 0.1) is 22.8 Å². The molecule has 176 valence electrons. The van der Waals surface area contributed by atoms with Crippen LogP contribution in [0.15, 0.2) is 30.5 Å². The van der Waals surface area contributed by atoms with E-state index in [1.807, 2.05) is 27.7 Å². The second kappa shape index (κ2) is 8.39. The molecule has 1 unspecified atom stereocenters. The van der Waals surface area contributed by atoms with E-state index in [2.05, 4.69) is 74.0 Å². The first-order valence-corrected chi connectivity index (χ1v) is 13.8. The van der Waals surface area contributed by atoms with Crippen LogP contribution in [0.1, 0.15) is 62.2 Å². The molecule has 1 fully saturated rings. The highest BCUT2D eigenvalue weighted by Crippen LogP contribution is 2.52. The molecule has 33 heavy (non-hydrogen) atoms. The Labute approximate surface area is 213 Å². The van der Waals surface area contributed by atoms with Gasteiger partial charge in [-0.05, 0) is 87.6 Å². The van der Waals surface area contributed by atoms with Crippen molar-refractivity contribution < 1.29 is 4.55 Å². The smallest absolute Gasteiger partial charge is 0.211 e. The van der Waals surface area contributed by atoms with E-state index in [0.717, 1.165) is 58.9 Å². The third-order valence-electron chi connectivity index (χ3n) is 7.17. The molecule has 1 aliphatic carbocycles. The molecule has 0 bridgehead atoms. The molecule has 6 nitrogen and oxygen atoms in total. The van der Waals surface area contributed by atoms with Gasteiger partial charge in [0.05, 0.1) is 21.0 Å². The molecule has 0 amide bonds. The minimum atomic E-state index is -1.12. The summed E-state index contributed by atoms with van der Waals surface area (Å²) < 4.78 is 19.6. The molecule has 2 aromatic heterocycles. The quantitative estimate of drug-likeness (QED) is 0.355. The van der Waals surface area contributed by atoms with Crippen molar-refractivity contribution in [3.05, 3.63) is 56.5 Å². The Morgan fingerprint density at radius 1 is 1.15 bits per heavy atom. The van der Waals surface area contributed by atoms with E-state index >= 15 is 0 Å². The van der Waals surface area contributed by atoms with Crippen molar-refractivity contribution in [2.45, 2.75) is 64.7 Å². The van der Waals surface area contributed by atoms with Crippen LogP contribution in [-0.4, -0.2) is 36.8 Å². The van der Waals surface area contributed by atoms with Gasteiger partial charge >= 0.3 is 0 Å². The molecule has 0 radical (unpaired) electrons. The van der Waals surface area contributed by atoms with Crippen LogP contribution in [-0.2, 0) is 17.8 Å². The highest BCUT2D eigenvalue weighted by Gasteiger charge is 2.50. The Morgan fingerprint density at radius 3 is 2.55 bits per heavy atom. The third-order valence-corrected chi connectivity index (χ3v) is 9.99. The maximum Gasteiger partial charge on any atom is 0.211 e. The number of nitrogens with zero attached hydrogens (tertiary/aromatic N) is 4. The van der Waals surface area contributed by atoms with E-state index in [0.29, 0.717) is 0 Å². The van der Waals surface area contributed by atoms with Crippen molar-refractivity contribution >= 4 is 45.5 Å². The number of piperidine rings is 1. The van der Waals surface area contributed by atoms with Gasteiger partial charge in [-0.1, -0.05) is 24.3 Å². The van der Waals surface area contributed by atoms with Gasteiger partial charge in [0.1, 0.15) is 4.75 Å². The average Bonchev–Trinajstić information content (AvgIpc) is 3.29. The molecule has 1 N–H and O–H groups in total. The third kappa shape index (κ3) is 4.06. The molecule has 3 aromatic rings. The number of aryl methyl sites for hydroxylation is 2. The van der Waals surface area contributed by atoms with Gasteiger partial charge in [-0.3, -0.25) is 4.40 Å². The van der Waals surface area contributed by atoms with Crippen LogP contribution in [0.25, 0.3) is 5.65 Å². The molecule has 5 rings (SSSR count). The van der Waals surface area contributed by atoms with Gasteiger partial charge in [0, 0.05) is 36.1 Å². The zero-order valence-electron chi connectivity index (χ0n) is 20.0. The number of rotatable bonds is 3. The van der Waals surface area contributed by atoms with Gasteiger partial charge in [-0.25, -0.2) is 9.97 Å². The number of benzene rings is 1. The maximum atomic E-state index is 13.1. The first-order valence-electron chi connectivity index (χ1n) is 11.6. The fourth-order valence-corrected chi connectivity index (χ4v) is 6.77. The second-order valence-electron chi connectivity index (χ2n) is 10.5. The monoisotopic (exact) mass is 577 g/mol. The molecular weight excluding hydrogens is 545 g/mol. The molecule has 1 aromatic carbocycles. The zero-order chi connectivity index (χ0) is 23.5. The number of fused-ring (bicyclic) bond motifs is 2. The standard InChI is InChI=1S/C25H32IN5OS/c1-16-15-31-22(27-16)20(26)17(2)28-23(31)30-12-10-25(11-13-30)14-18-8-6-7-9-19(18)21(25)29-33(32)24(3,4)5/h6-9,15,21,29H,10-14H2,1-5H3/t21-,33?/m1/s1. The van der Waals surface area contributed by atoms with Crippen LogP contribution in [0.5, 0.6) is 0 Å². The number of nitrogens with one attached hydrogen (secondary N) is 1. The molecule has 1 saturated heterocycles. The lowest BCUT2D eigenvalue weighted by atomic mass is 9.73. The van der Waals surface area contributed by atoms with Crippen molar-refractivity contribution in [3.63, 3.8) is 0 Å². The van der Waals surface area contributed by atoms with Crippen molar-refractivity contribution in [3.8, 4) is 0 Å². The molecular formula is C25H32IN5OS. The fraction of sp³-hybridized carbons (Fsp3) is 0.520. The highest BCUT2D eigenvalue weighted by atomic mass is 127. The maximum absolute atomic E-state index is 13.1. The van der Waals surface area contributed by atoms with Crippen molar-refractivity contribution in [1.82, 2.24) is 19.1 Å². The van der Waals surface area contributed by atoms with Gasteiger partial charge < -0.3 is 9.45 Å². The molecule has 8 heteroatoms. The van der Waals surface area contributed by atoms with E-state index in [1.165, 1.54) is 11.1 Å². The van der Waals surface area contributed by atoms with Gasteiger partial charge in [-0.2, -0.15) is 0 Å².